The smallest absolute Gasteiger partial charge is 0.277 e. The number of ether oxygens (including phenoxy) is 1. The molecule has 1 aromatic carbocycles. The fourth-order valence-corrected chi connectivity index (χ4v) is 3.56. The van der Waals surface area contributed by atoms with Crippen molar-refractivity contribution in [2.24, 2.45) is 5.73 Å². The highest BCUT2D eigenvalue weighted by atomic mass is 35.5. The van der Waals surface area contributed by atoms with Gasteiger partial charge in [0.2, 0.25) is 0 Å². The Labute approximate surface area is 213 Å². The second-order valence-electron chi connectivity index (χ2n) is 7.09. The number of rotatable bonds is 9. The van der Waals surface area contributed by atoms with E-state index in [0.717, 1.165) is 6.26 Å². The molecule has 0 aliphatic rings. The number of nitrogens with two attached hydrogens (primary N) is 1. The number of aromatic nitrogens is 2. The first kappa shape index (κ1) is 28.0. The van der Waals surface area contributed by atoms with Crippen LogP contribution in [0.25, 0.3) is 0 Å². The summed E-state index contributed by atoms with van der Waals surface area (Å²) >= 11 is 5.81. The topological polar surface area (TPSA) is 153 Å². The molecule has 186 valence electrons. The van der Waals surface area contributed by atoms with E-state index in [4.69, 9.17) is 22.1 Å². The van der Waals surface area contributed by atoms with Gasteiger partial charge in [0.25, 0.3) is 11.8 Å². The standard InChI is InChI=1S/C22H22ClN5O5S.ClH/c1-34(31,32)15-6-7-16(18(12-15)33-11-3-9-24)21(29)27-17-4-2-10-25-20(17)22(30)28-19-8-5-14(23)13-26-19;/h2,4-8,10,12-13H,3,9,11,24H2,1H3,(H,27,29)(H,26,28,30);1H. The van der Waals surface area contributed by atoms with Crippen molar-refractivity contribution in [3.8, 4) is 5.75 Å². The van der Waals surface area contributed by atoms with Crippen molar-refractivity contribution in [3.05, 3.63) is 71.1 Å². The van der Waals surface area contributed by atoms with Crippen molar-refractivity contribution in [2.45, 2.75) is 11.3 Å². The van der Waals surface area contributed by atoms with Crippen LogP contribution in [0.15, 0.2) is 59.8 Å². The Morgan fingerprint density at radius 1 is 1.09 bits per heavy atom. The minimum atomic E-state index is -3.52. The number of amides is 2. The Bertz CT molecular complexity index is 1300. The predicted octanol–water partition coefficient (Wildman–Crippen LogP) is 3.19. The number of carbonyl (C=O) groups is 2. The van der Waals surface area contributed by atoms with E-state index in [1.807, 2.05) is 0 Å². The van der Waals surface area contributed by atoms with Crippen LogP contribution in [-0.2, 0) is 9.84 Å². The van der Waals surface area contributed by atoms with Gasteiger partial charge in [0.05, 0.1) is 27.8 Å². The molecule has 2 heterocycles. The molecule has 0 radical (unpaired) electrons. The van der Waals surface area contributed by atoms with Crippen LogP contribution >= 0.6 is 24.0 Å². The first-order chi connectivity index (χ1) is 16.2. The molecule has 0 fully saturated rings. The van der Waals surface area contributed by atoms with Crippen LogP contribution in [-0.4, -0.2) is 49.6 Å². The molecule has 13 heteroatoms. The van der Waals surface area contributed by atoms with Crippen LogP contribution in [0.2, 0.25) is 5.02 Å². The second kappa shape index (κ2) is 12.5. The number of carbonyl (C=O) groups excluding carboxylic acids is 2. The Morgan fingerprint density at radius 3 is 2.51 bits per heavy atom. The number of hydrogen-bond donors (Lipinski definition) is 3. The lowest BCUT2D eigenvalue weighted by molar-refractivity contribution is 0.102. The van der Waals surface area contributed by atoms with Gasteiger partial charge in [0, 0.05) is 18.6 Å². The monoisotopic (exact) mass is 539 g/mol. The Balaban J connectivity index is 0.00000432. The van der Waals surface area contributed by atoms with E-state index in [1.54, 1.807) is 12.1 Å². The quantitative estimate of drug-likeness (QED) is 0.350. The van der Waals surface area contributed by atoms with Gasteiger partial charge in [-0.25, -0.2) is 18.4 Å². The number of pyridine rings is 2. The molecule has 0 saturated carbocycles. The molecular weight excluding hydrogens is 517 g/mol. The fraction of sp³-hybridized carbons (Fsp3) is 0.182. The lowest BCUT2D eigenvalue weighted by Crippen LogP contribution is -2.20. The molecule has 10 nitrogen and oxygen atoms in total. The van der Waals surface area contributed by atoms with Crippen molar-refractivity contribution in [3.63, 3.8) is 0 Å². The molecule has 0 aliphatic carbocycles. The molecule has 35 heavy (non-hydrogen) atoms. The molecule has 0 spiro atoms. The van der Waals surface area contributed by atoms with Gasteiger partial charge in [-0.3, -0.25) is 9.59 Å². The van der Waals surface area contributed by atoms with E-state index in [0.29, 0.717) is 18.0 Å². The normalized spacial score (nSPS) is 10.7. The third kappa shape index (κ3) is 7.62. The van der Waals surface area contributed by atoms with Crippen molar-refractivity contribution in [1.82, 2.24) is 9.97 Å². The van der Waals surface area contributed by atoms with Crippen molar-refractivity contribution < 1.29 is 22.7 Å². The van der Waals surface area contributed by atoms with Crippen LogP contribution in [0.1, 0.15) is 27.3 Å². The summed E-state index contributed by atoms with van der Waals surface area (Å²) in [6.07, 6.45) is 4.35. The summed E-state index contributed by atoms with van der Waals surface area (Å²) in [6, 6.07) is 10.1. The zero-order chi connectivity index (χ0) is 24.7. The van der Waals surface area contributed by atoms with E-state index in [1.165, 1.54) is 42.7 Å². The second-order valence-corrected chi connectivity index (χ2v) is 9.54. The van der Waals surface area contributed by atoms with Gasteiger partial charge in [-0.15, -0.1) is 12.4 Å². The van der Waals surface area contributed by atoms with Crippen molar-refractivity contribution in [2.75, 3.05) is 30.0 Å². The van der Waals surface area contributed by atoms with E-state index in [9.17, 15) is 18.0 Å². The Kier molecular flexibility index (Phi) is 9.96. The molecule has 4 N–H and O–H groups in total. The summed E-state index contributed by atoms with van der Waals surface area (Å²) in [6.45, 7) is 0.558. The lowest BCUT2D eigenvalue weighted by atomic mass is 10.1. The third-order valence-corrected chi connectivity index (χ3v) is 5.81. The van der Waals surface area contributed by atoms with Crippen molar-refractivity contribution >= 4 is 57.2 Å². The highest BCUT2D eigenvalue weighted by molar-refractivity contribution is 7.90. The van der Waals surface area contributed by atoms with Gasteiger partial charge in [-0.05, 0) is 55.4 Å². The first-order valence-electron chi connectivity index (χ1n) is 10.1. The zero-order valence-corrected chi connectivity index (χ0v) is 20.9. The number of anilines is 2. The third-order valence-electron chi connectivity index (χ3n) is 4.47. The van der Waals surface area contributed by atoms with Crippen LogP contribution in [0.5, 0.6) is 5.75 Å². The summed E-state index contributed by atoms with van der Waals surface area (Å²) in [5.41, 5.74) is 5.66. The molecule has 2 aromatic heterocycles. The highest BCUT2D eigenvalue weighted by Gasteiger charge is 2.20. The van der Waals surface area contributed by atoms with E-state index < -0.39 is 21.7 Å². The Hall–Kier alpha value is -3.25. The molecule has 0 aliphatic heterocycles. The molecule has 0 atom stereocenters. The van der Waals surface area contributed by atoms with Gasteiger partial charge < -0.3 is 21.1 Å². The highest BCUT2D eigenvalue weighted by Crippen LogP contribution is 2.25. The minimum Gasteiger partial charge on any atom is -0.493 e. The summed E-state index contributed by atoms with van der Waals surface area (Å²) in [5.74, 6) is -0.884. The largest absolute Gasteiger partial charge is 0.493 e. The number of nitrogens with one attached hydrogen (secondary N) is 2. The average molecular weight is 540 g/mol. The van der Waals surface area contributed by atoms with Crippen LogP contribution in [0, 0.1) is 0 Å². The molecule has 0 saturated heterocycles. The molecule has 0 bridgehead atoms. The van der Waals surface area contributed by atoms with Gasteiger partial charge in [0.1, 0.15) is 11.6 Å². The maximum absolute atomic E-state index is 13.0. The fourth-order valence-electron chi connectivity index (χ4n) is 2.81. The van der Waals surface area contributed by atoms with Crippen LogP contribution < -0.4 is 21.1 Å². The summed E-state index contributed by atoms with van der Waals surface area (Å²) in [7, 11) is -3.52. The summed E-state index contributed by atoms with van der Waals surface area (Å²) < 4.78 is 29.5. The number of sulfone groups is 1. The van der Waals surface area contributed by atoms with E-state index in [-0.39, 0.29) is 52.4 Å². The summed E-state index contributed by atoms with van der Waals surface area (Å²) in [4.78, 5) is 33.9. The minimum absolute atomic E-state index is 0. The SMILES string of the molecule is CS(=O)(=O)c1ccc(C(=O)Nc2cccnc2C(=O)Nc2ccc(Cl)cn2)c(OCCCN)c1.Cl. The van der Waals surface area contributed by atoms with E-state index in [2.05, 4.69) is 20.6 Å². The number of benzene rings is 1. The van der Waals surface area contributed by atoms with E-state index >= 15 is 0 Å². The molecule has 2 amide bonds. The average Bonchev–Trinajstić information content (AvgIpc) is 2.80. The van der Waals surface area contributed by atoms with Gasteiger partial charge in [-0.2, -0.15) is 0 Å². The summed E-state index contributed by atoms with van der Waals surface area (Å²) in [5, 5.41) is 5.63. The van der Waals surface area contributed by atoms with Crippen LogP contribution in [0.3, 0.4) is 0 Å². The first-order valence-corrected chi connectivity index (χ1v) is 12.3. The number of nitrogens with zero attached hydrogens (tertiary/aromatic N) is 2. The van der Waals surface area contributed by atoms with Crippen LogP contribution in [0.4, 0.5) is 11.5 Å². The van der Waals surface area contributed by atoms with Gasteiger partial charge >= 0.3 is 0 Å². The van der Waals surface area contributed by atoms with Crippen molar-refractivity contribution in [1.29, 1.82) is 0 Å². The number of halogens is 2. The molecule has 3 rings (SSSR count). The predicted molar refractivity (Wildman–Crippen MR) is 135 cm³/mol. The van der Waals surface area contributed by atoms with Gasteiger partial charge in [-0.1, -0.05) is 11.6 Å². The number of hydrogen-bond acceptors (Lipinski definition) is 8. The molecule has 0 unspecified atom stereocenters. The van der Waals surface area contributed by atoms with Gasteiger partial charge in [0.15, 0.2) is 15.5 Å². The lowest BCUT2D eigenvalue weighted by Gasteiger charge is -2.14. The molecular formula is C22H23Cl2N5O5S. The Morgan fingerprint density at radius 2 is 1.86 bits per heavy atom. The molecule has 3 aromatic rings. The zero-order valence-electron chi connectivity index (χ0n) is 18.5. The maximum Gasteiger partial charge on any atom is 0.277 e. The maximum atomic E-state index is 13.0.